The smallest absolute Gasteiger partial charge is 0.335 e. The van der Waals surface area contributed by atoms with Gasteiger partial charge in [-0.3, -0.25) is 0 Å². The SMILES string of the molecule is NS(=O)(=O)CCn1c(C2CC2)nc2cc(C(=O)O)ccc21. The van der Waals surface area contributed by atoms with E-state index in [-0.39, 0.29) is 17.9 Å². The van der Waals surface area contributed by atoms with Gasteiger partial charge >= 0.3 is 5.97 Å². The molecule has 1 saturated carbocycles. The number of fused-ring (bicyclic) bond motifs is 1. The fourth-order valence-corrected chi connectivity index (χ4v) is 2.83. The van der Waals surface area contributed by atoms with Gasteiger partial charge in [0.2, 0.25) is 10.0 Å². The molecule has 1 aliphatic rings. The Balaban J connectivity index is 2.07. The molecule has 1 aromatic carbocycles. The summed E-state index contributed by atoms with van der Waals surface area (Å²) >= 11 is 0. The van der Waals surface area contributed by atoms with Crippen LogP contribution in [-0.4, -0.2) is 34.8 Å². The highest BCUT2D eigenvalue weighted by Crippen LogP contribution is 2.40. The second-order valence-corrected chi connectivity index (χ2v) is 7.01. The predicted octanol–water partition coefficient (Wildman–Crippen LogP) is 0.900. The fourth-order valence-electron chi connectivity index (χ4n) is 2.39. The van der Waals surface area contributed by atoms with E-state index in [0.717, 1.165) is 24.2 Å². The number of nitrogens with two attached hydrogens (primary N) is 1. The second-order valence-electron chi connectivity index (χ2n) is 5.27. The molecule has 112 valence electrons. The molecular formula is C13H15N3O4S. The minimum absolute atomic E-state index is 0.168. The van der Waals surface area contributed by atoms with E-state index in [0.29, 0.717) is 11.4 Å². The summed E-state index contributed by atoms with van der Waals surface area (Å²) in [6.45, 7) is 0.230. The third kappa shape index (κ3) is 2.91. The zero-order valence-electron chi connectivity index (χ0n) is 11.2. The summed E-state index contributed by atoms with van der Waals surface area (Å²) in [6, 6.07) is 4.67. The lowest BCUT2D eigenvalue weighted by molar-refractivity contribution is 0.0697. The molecule has 3 rings (SSSR count). The van der Waals surface area contributed by atoms with Gasteiger partial charge in [-0.15, -0.1) is 0 Å². The number of nitrogens with zero attached hydrogens (tertiary/aromatic N) is 2. The van der Waals surface area contributed by atoms with Crippen molar-refractivity contribution < 1.29 is 18.3 Å². The Hall–Kier alpha value is -1.93. The third-order valence-electron chi connectivity index (χ3n) is 3.57. The van der Waals surface area contributed by atoms with Crippen LogP contribution in [0.4, 0.5) is 0 Å². The van der Waals surface area contributed by atoms with Crippen LogP contribution in [0.1, 0.15) is 34.9 Å². The molecule has 1 aromatic heterocycles. The number of aromatic nitrogens is 2. The molecule has 0 unspecified atom stereocenters. The summed E-state index contributed by atoms with van der Waals surface area (Å²) < 4.78 is 24.2. The van der Waals surface area contributed by atoms with Crippen LogP contribution < -0.4 is 5.14 Å². The molecule has 0 radical (unpaired) electrons. The zero-order valence-corrected chi connectivity index (χ0v) is 12.0. The van der Waals surface area contributed by atoms with Gasteiger partial charge in [-0.2, -0.15) is 0 Å². The van der Waals surface area contributed by atoms with E-state index >= 15 is 0 Å². The minimum Gasteiger partial charge on any atom is -0.478 e. The highest BCUT2D eigenvalue weighted by molar-refractivity contribution is 7.89. The first-order valence-corrected chi connectivity index (χ1v) is 8.30. The van der Waals surface area contributed by atoms with Crippen molar-refractivity contribution >= 4 is 27.0 Å². The number of aromatic carboxylic acids is 1. The molecule has 2 aromatic rings. The molecular weight excluding hydrogens is 294 g/mol. The summed E-state index contributed by atoms with van der Waals surface area (Å²) in [4.78, 5) is 15.5. The molecule has 1 fully saturated rings. The molecule has 0 atom stereocenters. The highest BCUT2D eigenvalue weighted by Gasteiger charge is 2.30. The molecule has 0 aliphatic heterocycles. The van der Waals surface area contributed by atoms with Crippen LogP contribution in [0.25, 0.3) is 11.0 Å². The topological polar surface area (TPSA) is 115 Å². The summed E-state index contributed by atoms with van der Waals surface area (Å²) in [5.74, 6) is -0.0370. The van der Waals surface area contributed by atoms with Crippen LogP contribution in [-0.2, 0) is 16.6 Å². The molecule has 0 spiro atoms. The minimum atomic E-state index is -3.56. The summed E-state index contributed by atoms with van der Waals surface area (Å²) in [7, 11) is -3.56. The first-order valence-electron chi connectivity index (χ1n) is 6.59. The number of aryl methyl sites for hydroxylation is 1. The van der Waals surface area contributed by atoms with Gasteiger partial charge in [-0.1, -0.05) is 0 Å². The van der Waals surface area contributed by atoms with Crippen molar-refractivity contribution in [1.29, 1.82) is 0 Å². The summed E-state index contributed by atoms with van der Waals surface area (Å²) in [5, 5.41) is 14.1. The quantitative estimate of drug-likeness (QED) is 0.851. The Morgan fingerprint density at radius 1 is 1.43 bits per heavy atom. The lowest BCUT2D eigenvalue weighted by Gasteiger charge is -2.07. The van der Waals surface area contributed by atoms with Crippen molar-refractivity contribution in [3.8, 4) is 0 Å². The van der Waals surface area contributed by atoms with Crippen molar-refractivity contribution in [3.05, 3.63) is 29.6 Å². The Labute approximate surface area is 121 Å². The van der Waals surface area contributed by atoms with Crippen LogP contribution in [0, 0.1) is 0 Å². The molecule has 1 aliphatic carbocycles. The van der Waals surface area contributed by atoms with Gasteiger partial charge in [0.05, 0.1) is 22.3 Å². The number of rotatable bonds is 5. The van der Waals surface area contributed by atoms with Gasteiger partial charge in [0.1, 0.15) is 5.82 Å². The van der Waals surface area contributed by atoms with E-state index in [9.17, 15) is 13.2 Å². The number of imidazole rings is 1. The van der Waals surface area contributed by atoms with Crippen molar-refractivity contribution in [2.24, 2.45) is 5.14 Å². The van der Waals surface area contributed by atoms with Gasteiger partial charge in [-0.25, -0.2) is 23.3 Å². The number of primary sulfonamides is 1. The number of carboxylic acid groups (broad SMARTS) is 1. The van der Waals surface area contributed by atoms with Crippen molar-refractivity contribution in [3.63, 3.8) is 0 Å². The van der Waals surface area contributed by atoms with E-state index in [2.05, 4.69) is 4.98 Å². The maximum atomic E-state index is 11.2. The molecule has 0 saturated heterocycles. The van der Waals surface area contributed by atoms with Gasteiger partial charge < -0.3 is 9.67 Å². The monoisotopic (exact) mass is 309 g/mol. The van der Waals surface area contributed by atoms with Crippen molar-refractivity contribution in [1.82, 2.24) is 9.55 Å². The molecule has 0 bridgehead atoms. The molecule has 8 heteroatoms. The maximum absolute atomic E-state index is 11.2. The standard InChI is InChI=1S/C13H15N3O4S/c14-21(19,20)6-5-16-11-4-3-9(13(17)18)7-10(11)15-12(16)8-1-2-8/h3-4,7-8H,1-2,5-6H2,(H,17,18)(H2,14,19,20). The molecule has 0 amide bonds. The van der Waals surface area contributed by atoms with Crippen LogP contribution in [0.2, 0.25) is 0 Å². The lowest BCUT2D eigenvalue weighted by atomic mass is 10.2. The van der Waals surface area contributed by atoms with E-state index < -0.39 is 16.0 Å². The van der Waals surface area contributed by atoms with Gasteiger partial charge in [-0.05, 0) is 31.0 Å². The van der Waals surface area contributed by atoms with Gasteiger partial charge in [0, 0.05) is 12.5 Å². The molecule has 21 heavy (non-hydrogen) atoms. The van der Waals surface area contributed by atoms with Crippen LogP contribution >= 0.6 is 0 Å². The summed E-state index contributed by atoms with van der Waals surface area (Å²) in [5.41, 5.74) is 1.48. The molecule has 7 nitrogen and oxygen atoms in total. The Morgan fingerprint density at radius 3 is 2.71 bits per heavy atom. The Kier molecular flexibility index (Phi) is 3.22. The number of benzene rings is 1. The average Bonchev–Trinajstić information content (AvgIpc) is 3.16. The summed E-state index contributed by atoms with van der Waals surface area (Å²) in [6.07, 6.45) is 2.04. The number of sulfonamides is 1. The van der Waals surface area contributed by atoms with E-state index in [1.54, 1.807) is 6.07 Å². The van der Waals surface area contributed by atoms with E-state index in [4.69, 9.17) is 10.2 Å². The first kappa shape index (κ1) is 14.0. The van der Waals surface area contributed by atoms with Crippen molar-refractivity contribution in [2.75, 3.05) is 5.75 Å². The molecule has 1 heterocycles. The Morgan fingerprint density at radius 2 is 2.14 bits per heavy atom. The van der Waals surface area contributed by atoms with Crippen LogP contribution in [0.3, 0.4) is 0 Å². The van der Waals surface area contributed by atoms with E-state index in [1.165, 1.54) is 12.1 Å². The number of carbonyl (C=O) groups is 1. The second kappa shape index (κ2) is 4.81. The zero-order chi connectivity index (χ0) is 15.2. The normalized spacial score (nSPS) is 15.5. The first-order chi connectivity index (χ1) is 9.85. The fraction of sp³-hybridized carbons (Fsp3) is 0.385. The number of hydrogen-bond donors (Lipinski definition) is 2. The highest BCUT2D eigenvalue weighted by atomic mass is 32.2. The average molecular weight is 309 g/mol. The third-order valence-corrected chi connectivity index (χ3v) is 4.32. The largest absolute Gasteiger partial charge is 0.478 e. The lowest BCUT2D eigenvalue weighted by Crippen LogP contribution is -2.21. The molecule has 3 N–H and O–H groups in total. The predicted molar refractivity (Wildman–Crippen MR) is 76.6 cm³/mol. The number of hydrogen-bond acceptors (Lipinski definition) is 4. The maximum Gasteiger partial charge on any atom is 0.335 e. The number of carboxylic acids is 1. The van der Waals surface area contributed by atoms with Gasteiger partial charge in [0.15, 0.2) is 0 Å². The van der Waals surface area contributed by atoms with Crippen LogP contribution in [0.5, 0.6) is 0 Å². The Bertz CT molecular complexity index is 821. The van der Waals surface area contributed by atoms with E-state index in [1.807, 2.05) is 4.57 Å². The van der Waals surface area contributed by atoms with Gasteiger partial charge in [0.25, 0.3) is 0 Å². The van der Waals surface area contributed by atoms with Crippen molar-refractivity contribution in [2.45, 2.75) is 25.3 Å². The van der Waals surface area contributed by atoms with Crippen LogP contribution in [0.15, 0.2) is 18.2 Å².